The summed E-state index contributed by atoms with van der Waals surface area (Å²) in [5, 5.41) is 2.89. The molecule has 1 N–H and O–H groups in total. The van der Waals surface area contributed by atoms with Gasteiger partial charge in [-0.1, -0.05) is 26.0 Å². The molecule has 0 bridgehead atoms. The second-order valence-electron chi connectivity index (χ2n) is 6.57. The van der Waals surface area contributed by atoms with Gasteiger partial charge in [-0.05, 0) is 50.8 Å². The first kappa shape index (κ1) is 19.5. The number of hydrogen-bond donors (Lipinski definition) is 1. The SMILES string of the molecule is Cc1ccc(C)c(N(C(C)C(=O)NC(C)C(C)C)S(C)(=O)=O)c1. The summed E-state index contributed by atoms with van der Waals surface area (Å²) in [6.07, 6.45) is 1.13. The standard InChI is InChI=1S/C17H28N2O3S/c1-11(2)14(5)18-17(20)15(6)19(23(7,21)22)16-10-12(3)8-9-13(16)4/h8-11,14-15H,1-7H3,(H,18,20). The van der Waals surface area contributed by atoms with Crippen LogP contribution in [0.5, 0.6) is 0 Å². The van der Waals surface area contributed by atoms with Gasteiger partial charge < -0.3 is 5.32 Å². The van der Waals surface area contributed by atoms with Crippen molar-refractivity contribution in [2.75, 3.05) is 10.6 Å². The van der Waals surface area contributed by atoms with Crippen LogP contribution in [0.2, 0.25) is 0 Å². The Bertz CT molecular complexity index is 668. The average Bonchev–Trinajstić information content (AvgIpc) is 2.40. The number of rotatable bonds is 6. The highest BCUT2D eigenvalue weighted by atomic mass is 32.2. The quantitative estimate of drug-likeness (QED) is 0.865. The van der Waals surface area contributed by atoms with Crippen LogP contribution in [-0.2, 0) is 14.8 Å². The first-order valence-corrected chi connectivity index (χ1v) is 9.67. The number of carbonyl (C=O) groups is 1. The van der Waals surface area contributed by atoms with Crippen LogP contribution in [0.4, 0.5) is 5.69 Å². The molecule has 1 aromatic rings. The second-order valence-corrected chi connectivity index (χ2v) is 8.43. The third kappa shape index (κ3) is 4.96. The van der Waals surface area contributed by atoms with Crippen molar-refractivity contribution in [3.63, 3.8) is 0 Å². The van der Waals surface area contributed by atoms with Crippen LogP contribution in [0, 0.1) is 19.8 Å². The van der Waals surface area contributed by atoms with E-state index >= 15 is 0 Å². The van der Waals surface area contributed by atoms with Crippen LogP contribution in [-0.4, -0.2) is 32.7 Å². The van der Waals surface area contributed by atoms with Crippen molar-refractivity contribution < 1.29 is 13.2 Å². The Balaban J connectivity index is 3.23. The zero-order chi connectivity index (χ0) is 17.9. The summed E-state index contributed by atoms with van der Waals surface area (Å²) in [5.74, 6) is -0.0175. The molecule has 0 spiro atoms. The molecule has 0 saturated heterocycles. The molecule has 23 heavy (non-hydrogen) atoms. The van der Waals surface area contributed by atoms with Gasteiger partial charge in [0.15, 0.2) is 0 Å². The molecule has 0 radical (unpaired) electrons. The third-order valence-corrected chi connectivity index (χ3v) is 5.29. The minimum atomic E-state index is -3.59. The van der Waals surface area contributed by atoms with Crippen LogP contribution in [0.25, 0.3) is 0 Å². The van der Waals surface area contributed by atoms with E-state index in [-0.39, 0.29) is 17.9 Å². The monoisotopic (exact) mass is 340 g/mol. The molecule has 0 aliphatic heterocycles. The lowest BCUT2D eigenvalue weighted by Gasteiger charge is -2.31. The molecule has 1 amide bonds. The predicted molar refractivity (Wildman–Crippen MR) is 95.1 cm³/mol. The molecule has 5 nitrogen and oxygen atoms in total. The Morgan fingerprint density at radius 3 is 2.17 bits per heavy atom. The highest BCUT2D eigenvalue weighted by molar-refractivity contribution is 7.92. The van der Waals surface area contributed by atoms with E-state index in [4.69, 9.17) is 0 Å². The van der Waals surface area contributed by atoms with Gasteiger partial charge >= 0.3 is 0 Å². The molecular formula is C17H28N2O3S. The van der Waals surface area contributed by atoms with Crippen molar-refractivity contribution in [1.82, 2.24) is 5.32 Å². The Kier molecular flexibility index (Phi) is 6.22. The number of nitrogens with zero attached hydrogens (tertiary/aromatic N) is 1. The van der Waals surface area contributed by atoms with Gasteiger partial charge in [0, 0.05) is 6.04 Å². The van der Waals surface area contributed by atoms with E-state index in [1.54, 1.807) is 13.0 Å². The van der Waals surface area contributed by atoms with Crippen LogP contribution in [0.15, 0.2) is 18.2 Å². The molecule has 1 rings (SSSR count). The van der Waals surface area contributed by atoms with Crippen LogP contribution in [0.1, 0.15) is 38.8 Å². The summed E-state index contributed by atoms with van der Waals surface area (Å²) in [6, 6.07) is 4.75. The van der Waals surface area contributed by atoms with E-state index in [2.05, 4.69) is 5.32 Å². The molecule has 0 aliphatic carbocycles. The molecule has 0 aliphatic rings. The van der Waals surface area contributed by atoms with E-state index in [0.29, 0.717) is 5.69 Å². The highest BCUT2D eigenvalue weighted by Crippen LogP contribution is 2.26. The van der Waals surface area contributed by atoms with Gasteiger partial charge in [-0.2, -0.15) is 0 Å². The number of hydrogen-bond acceptors (Lipinski definition) is 3. The summed E-state index contributed by atoms with van der Waals surface area (Å²) in [5.41, 5.74) is 2.31. The third-order valence-electron chi connectivity index (χ3n) is 4.06. The van der Waals surface area contributed by atoms with E-state index in [9.17, 15) is 13.2 Å². The highest BCUT2D eigenvalue weighted by Gasteiger charge is 2.31. The second kappa shape index (κ2) is 7.34. The number of nitrogens with one attached hydrogen (secondary N) is 1. The van der Waals surface area contributed by atoms with Gasteiger partial charge in [0.25, 0.3) is 0 Å². The van der Waals surface area contributed by atoms with Crippen molar-refractivity contribution in [3.8, 4) is 0 Å². The smallest absolute Gasteiger partial charge is 0.243 e. The van der Waals surface area contributed by atoms with Crippen LogP contribution in [0.3, 0.4) is 0 Å². The van der Waals surface area contributed by atoms with Crippen LogP contribution < -0.4 is 9.62 Å². The van der Waals surface area contributed by atoms with Crippen molar-refractivity contribution in [1.29, 1.82) is 0 Å². The molecule has 2 atom stereocenters. The van der Waals surface area contributed by atoms with E-state index in [1.165, 1.54) is 4.31 Å². The maximum absolute atomic E-state index is 12.5. The van der Waals surface area contributed by atoms with Gasteiger partial charge in [0.1, 0.15) is 6.04 Å². The zero-order valence-electron chi connectivity index (χ0n) is 15.0. The first-order valence-electron chi connectivity index (χ1n) is 7.82. The topological polar surface area (TPSA) is 66.5 Å². The number of carbonyl (C=O) groups excluding carboxylic acids is 1. The summed E-state index contributed by atoms with van der Waals surface area (Å²) in [7, 11) is -3.59. The molecule has 2 unspecified atom stereocenters. The van der Waals surface area contributed by atoms with Gasteiger partial charge in [-0.15, -0.1) is 0 Å². The average molecular weight is 340 g/mol. The fourth-order valence-corrected chi connectivity index (χ4v) is 3.47. The van der Waals surface area contributed by atoms with Crippen molar-refractivity contribution in [3.05, 3.63) is 29.3 Å². The summed E-state index contributed by atoms with van der Waals surface area (Å²) < 4.78 is 25.8. The maximum Gasteiger partial charge on any atom is 0.243 e. The first-order chi connectivity index (χ1) is 10.4. The number of aryl methyl sites for hydroxylation is 2. The van der Waals surface area contributed by atoms with Gasteiger partial charge in [-0.3, -0.25) is 9.10 Å². The van der Waals surface area contributed by atoms with Crippen LogP contribution >= 0.6 is 0 Å². The van der Waals surface area contributed by atoms with Gasteiger partial charge in [-0.25, -0.2) is 8.42 Å². The number of anilines is 1. The molecule has 130 valence electrons. The molecule has 6 heteroatoms. The molecule has 1 aromatic carbocycles. The number of sulfonamides is 1. The summed E-state index contributed by atoms with van der Waals surface area (Å²) >= 11 is 0. The predicted octanol–water partition coefficient (Wildman–Crippen LogP) is 2.62. The Morgan fingerprint density at radius 2 is 1.70 bits per heavy atom. The summed E-state index contributed by atoms with van der Waals surface area (Å²) in [4.78, 5) is 12.5. The minimum absolute atomic E-state index is 0.0232. The fourth-order valence-electron chi connectivity index (χ4n) is 2.25. The largest absolute Gasteiger partial charge is 0.352 e. The molecule has 0 saturated carbocycles. The van der Waals surface area contributed by atoms with Gasteiger partial charge in [0.05, 0.1) is 11.9 Å². The molecule has 0 heterocycles. The van der Waals surface area contributed by atoms with Crippen molar-refractivity contribution >= 4 is 21.6 Å². The van der Waals surface area contributed by atoms with Gasteiger partial charge in [0.2, 0.25) is 15.9 Å². The zero-order valence-corrected chi connectivity index (χ0v) is 15.9. The lowest BCUT2D eigenvalue weighted by molar-refractivity contribution is -0.122. The maximum atomic E-state index is 12.5. The molecular weight excluding hydrogens is 312 g/mol. The van der Waals surface area contributed by atoms with E-state index < -0.39 is 16.1 Å². The summed E-state index contributed by atoms with van der Waals surface area (Å²) in [6.45, 7) is 11.3. The lowest BCUT2D eigenvalue weighted by Crippen LogP contribution is -2.50. The van der Waals surface area contributed by atoms with Crippen molar-refractivity contribution in [2.45, 2.75) is 53.6 Å². The number of amides is 1. The minimum Gasteiger partial charge on any atom is -0.352 e. The van der Waals surface area contributed by atoms with E-state index in [1.807, 2.05) is 46.8 Å². The molecule has 0 fully saturated rings. The normalized spacial score (nSPS) is 14.4. The Morgan fingerprint density at radius 1 is 1.13 bits per heavy atom. The van der Waals surface area contributed by atoms with E-state index in [0.717, 1.165) is 17.4 Å². The lowest BCUT2D eigenvalue weighted by atomic mass is 10.1. The Labute approximate surface area is 140 Å². The van der Waals surface area contributed by atoms with Crippen molar-refractivity contribution in [2.24, 2.45) is 5.92 Å². The number of benzene rings is 1. The Hall–Kier alpha value is -1.56. The molecule has 0 aromatic heterocycles. The fraction of sp³-hybridized carbons (Fsp3) is 0.588.